The molecular weight excluding hydrogens is 312 g/mol. The molecule has 2 saturated carbocycles. The Morgan fingerprint density at radius 2 is 1.96 bits per heavy atom. The average molecular weight is 340 g/mol. The number of carbonyl (C=O) groups is 3. The number of primary amides is 1. The number of rotatable bonds is 10. The summed E-state index contributed by atoms with van der Waals surface area (Å²) in [5, 5.41) is 14.4. The molecule has 8 nitrogen and oxygen atoms in total. The topological polar surface area (TPSA) is 125 Å². The second-order valence-electron chi connectivity index (χ2n) is 6.95. The second kappa shape index (κ2) is 8.32. The van der Waals surface area contributed by atoms with Crippen LogP contribution >= 0.6 is 0 Å². The fraction of sp³-hybridized carbons (Fsp3) is 0.812. The molecule has 2 fully saturated rings. The van der Waals surface area contributed by atoms with E-state index in [2.05, 4.69) is 10.6 Å². The molecule has 0 aromatic heterocycles. The van der Waals surface area contributed by atoms with Crippen molar-refractivity contribution in [3.05, 3.63) is 0 Å². The SMILES string of the molecule is CCC[C@@H](NC(N)=O)C(=O)NC1CC(N(CC(=O)O)CC2CC2)C1. The van der Waals surface area contributed by atoms with Crippen molar-refractivity contribution in [1.29, 1.82) is 0 Å². The molecule has 2 aliphatic rings. The molecule has 0 saturated heterocycles. The second-order valence-corrected chi connectivity index (χ2v) is 6.95. The van der Waals surface area contributed by atoms with Crippen LogP contribution in [-0.4, -0.2) is 59.1 Å². The minimum Gasteiger partial charge on any atom is -0.480 e. The van der Waals surface area contributed by atoms with Gasteiger partial charge in [0.15, 0.2) is 0 Å². The van der Waals surface area contributed by atoms with Crippen molar-refractivity contribution in [3.8, 4) is 0 Å². The number of urea groups is 1. The summed E-state index contributed by atoms with van der Waals surface area (Å²) in [5.74, 6) is -0.394. The first-order valence-electron chi connectivity index (χ1n) is 8.71. The third kappa shape index (κ3) is 5.67. The van der Waals surface area contributed by atoms with E-state index in [-0.39, 0.29) is 24.5 Å². The fourth-order valence-corrected chi connectivity index (χ4v) is 3.18. The molecular formula is C16H28N4O4. The summed E-state index contributed by atoms with van der Waals surface area (Å²) in [5.41, 5.74) is 5.11. The summed E-state index contributed by atoms with van der Waals surface area (Å²) < 4.78 is 0. The van der Waals surface area contributed by atoms with Crippen LogP contribution in [0.15, 0.2) is 0 Å². The third-order valence-corrected chi connectivity index (χ3v) is 4.71. The number of carboxylic acids is 1. The molecule has 3 amide bonds. The van der Waals surface area contributed by atoms with Gasteiger partial charge >= 0.3 is 12.0 Å². The van der Waals surface area contributed by atoms with Gasteiger partial charge in [0.25, 0.3) is 0 Å². The molecule has 0 bridgehead atoms. The summed E-state index contributed by atoms with van der Waals surface area (Å²) in [7, 11) is 0. The predicted molar refractivity (Wildman–Crippen MR) is 88.3 cm³/mol. The van der Waals surface area contributed by atoms with Gasteiger partial charge in [-0.05, 0) is 38.0 Å². The van der Waals surface area contributed by atoms with Crippen LogP contribution in [0.4, 0.5) is 4.79 Å². The van der Waals surface area contributed by atoms with E-state index in [1.165, 1.54) is 12.8 Å². The highest BCUT2D eigenvalue weighted by atomic mass is 16.4. The minimum absolute atomic E-state index is 0.0343. The Bertz CT molecular complexity index is 475. The Morgan fingerprint density at radius 3 is 2.46 bits per heavy atom. The van der Waals surface area contributed by atoms with Gasteiger partial charge < -0.3 is 21.5 Å². The Hall–Kier alpha value is -1.83. The van der Waals surface area contributed by atoms with Gasteiger partial charge in [-0.1, -0.05) is 13.3 Å². The van der Waals surface area contributed by atoms with Crippen LogP contribution in [0.5, 0.6) is 0 Å². The van der Waals surface area contributed by atoms with E-state index >= 15 is 0 Å². The monoisotopic (exact) mass is 340 g/mol. The van der Waals surface area contributed by atoms with E-state index in [1.54, 1.807) is 0 Å². The van der Waals surface area contributed by atoms with Crippen molar-refractivity contribution < 1.29 is 19.5 Å². The zero-order valence-electron chi connectivity index (χ0n) is 14.2. The molecule has 8 heteroatoms. The van der Waals surface area contributed by atoms with Crippen LogP contribution in [0.1, 0.15) is 45.4 Å². The Morgan fingerprint density at radius 1 is 1.29 bits per heavy atom. The molecule has 1 atom stereocenters. The lowest BCUT2D eigenvalue weighted by Crippen LogP contribution is -2.58. The summed E-state index contributed by atoms with van der Waals surface area (Å²) in [6, 6.07) is -1.06. The molecule has 0 heterocycles. The van der Waals surface area contributed by atoms with Gasteiger partial charge in [0.2, 0.25) is 5.91 Å². The van der Waals surface area contributed by atoms with Crippen LogP contribution in [0.3, 0.4) is 0 Å². The number of hydrogen-bond acceptors (Lipinski definition) is 4. The van der Waals surface area contributed by atoms with Gasteiger partial charge in [0, 0.05) is 18.6 Å². The van der Waals surface area contributed by atoms with Crippen LogP contribution in [-0.2, 0) is 9.59 Å². The van der Waals surface area contributed by atoms with Gasteiger partial charge in [-0.25, -0.2) is 4.79 Å². The zero-order valence-corrected chi connectivity index (χ0v) is 14.2. The minimum atomic E-state index is -0.809. The Balaban J connectivity index is 1.77. The molecule has 0 aromatic rings. The maximum Gasteiger partial charge on any atom is 0.317 e. The molecule has 5 N–H and O–H groups in total. The van der Waals surface area contributed by atoms with Crippen LogP contribution in [0, 0.1) is 5.92 Å². The van der Waals surface area contributed by atoms with Gasteiger partial charge in [-0.3, -0.25) is 14.5 Å². The maximum atomic E-state index is 12.2. The standard InChI is InChI=1S/C16H28N4O4/c1-2-3-13(19-16(17)24)15(23)18-11-6-12(7-11)20(9-14(21)22)8-10-4-5-10/h10-13H,2-9H2,1H3,(H,18,23)(H,21,22)(H3,17,19,24)/t11?,12?,13-/m1/s1. The highest BCUT2D eigenvalue weighted by Gasteiger charge is 2.38. The lowest BCUT2D eigenvalue weighted by molar-refractivity contribution is -0.140. The molecule has 0 spiro atoms. The summed E-state index contributed by atoms with van der Waals surface area (Å²) in [6.45, 7) is 2.83. The van der Waals surface area contributed by atoms with Crippen LogP contribution < -0.4 is 16.4 Å². The Kier molecular flexibility index (Phi) is 6.42. The van der Waals surface area contributed by atoms with Crippen molar-refractivity contribution in [2.75, 3.05) is 13.1 Å². The summed E-state index contributed by atoms with van der Waals surface area (Å²) in [6.07, 6.45) is 5.17. The van der Waals surface area contributed by atoms with Crippen molar-refractivity contribution in [2.24, 2.45) is 11.7 Å². The van der Waals surface area contributed by atoms with Crippen molar-refractivity contribution in [3.63, 3.8) is 0 Å². The molecule has 136 valence electrons. The lowest BCUT2D eigenvalue weighted by Gasteiger charge is -2.43. The maximum absolute atomic E-state index is 12.2. The molecule has 2 rings (SSSR count). The predicted octanol–water partition coefficient (Wildman–Crippen LogP) is 0.267. The highest BCUT2D eigenvalue weighted by molar-refractivity contribution is 5.86. The van der Waals surface area contributed by atoms with E-state index < -0.39 is 18.0 Å². The van der Waals surface area contributed by atoms with Crippen molar-refractivity contribution in [2.45, 2.75) is 63.6 Å². The first-order chi connectivity index (χ1) is 11.4. The number of amides is 3. The average Bonchev–Trinajstić information content (AvgIpc) is 3.24. The van der Waals surface area contributed by atoms with Gasteiger partial charge in [-0.15, -0.1) is 0 Å². The van der Waals surface area contributed by atoms with E-state index in [9.17, 15) is 14.4 Å². The van der Waals surface area contributed by atoms with Gasteiger partial charge in [-0.2, -0.15) is 0 Å². The number of hydrogen-bond donors (Lipinski definition) is 4. The van der Waals surface area contributed by atoms with Crippen LogP contribution in [0.2, 0.25) is 0 Å². The van der Waals surface area contributed by atoms with E-state index in [4.69, 9.17) is 10.8 Å². The fourth-order valence-electron chi connectivity index (χ4n) is 3.18. The largest absolute Gasteiger partial charge is 0.480 e. The first-order valence-corrected chi connectivity index (χ1v) is 8.71. The molecule has 0 aromatic carbocycles. The third-order valence-electron chi connectivity index (χ3n) is 4.71. The zero-order chi connectivity index (χ0) is 17.7. The quantitative estimate of drug-likeness (QED) is 0.454. The summed E-state index contributed by atoms with van der Waals surface area (Å²) in [4.78, 5) is 36.2. The molecule has 2 aliphatic carbocycles. The smallest absolute Gasteiger partial charge is 0.317 e. The van der Waals surface area contributed by atoms with Gasteiger partial charge in [0.05, 0.1) is 6.54 Å². The molecule has 0 aliphatic heterocycles. The number of nitrogens with one attached hydrogen (secondary N) is 2. The number of nitrogens with two attached hydrogens (primary N) is 1. The van der Waals surface area contributed by atoms with E-state index in [0.717, 1.165) is 25.8 Å². The van der Waals surface area contributed by atoms with Gasteiger partial charge in [0.1, 0.15) is 6.04 Å². The van der Waals surface area contributed by atoms with E-state index in [0.29, 0.717) is 12.3 Å². The number of aliphatic carboxylic acids is 1. The summed E-state index contributed by atoms with van der Waals surface area (Å²) >= 11 is 0. The number of carboxylic acid groups (broad SMARTS) is 1. The Labute approximate surface area is 142 Å². The number of nitrogens with zero attached hydrogens (tertiary/aromatic N) is 1. The normalized spacial score (nSPS) is 24.1. The van der Waals surface area contributed by atoms with Crippen LogP contribution in [0.25, 0.3) is 0 Å². The van der Waals surface area contributed by atoms with E-state index in [1.807, 2.05) is 11.8 Å². The molecule has 0 unspecified atom stereocenters. The van der Waals surface area contributed by atoms with Crippen molar-refractivity contribution in [1.82, 2.24) is 15.5 Å². The lowest BCUT2D eigenvalue weighted by atomic mass is 9.85. The molecule has 24 heavy (non-hydrogen) atoms. The highest BCUT2D eigenvalue weighted by Crippen LogP contribution is 2.33. The molecule has 0 radical (unpaired) electrons. The number of carbonyl (C=O) groups excluding carboxylic acids is 2. The first kappa shape index (κ1) is 18.5. The van der Waals surface area contributed by atoms with Crippen molar-refractivity contribution >= 4 is 17.9 Å².